The molecule has 0 saturated carbocycles. The van der Waals surface area contributed by atoms with E-state index in [1.54, 1.807) is 0 Å². The molecule has 1 atom stereocenters. The summed E-state index contributed by atoms with van der Waals surface area (Å²) >= 11 is 0. The molecule has 0 aliphatic rings. The normalized spacial score (nSPS) is 13.0. The highest BCUT2D eigenvalue weighted by atomic mass is 16.6. The minimum atomic E-state index is -0.801. The Labute approximate surface area is 494 Å². The summed E-state index contributed by atoms with van der Waals surface area (Å²) in [5, 5.41) is 0. The predicted molar refractivity (Wildman–Crippen MR) is 348 cm³/mol. The van der Waals surface area contributed by atoms with Gasteiger partial charge in [-0.2, -0.15) is 0 Å². The SMILES string of the molecule is CC/C=C\C/C=C\C/C=C\C/C=C\C/C=C\C/C=C\C/C=C\C/C=C\C/C=C\C/C=C\CCCCC(=O)OCC(COC(=O)CCCCCCCCCCCCCC)OC(=O)CCCCCCCCC/C=C\CCCCCCCC. The van der Waals surface area contributed by atoms with Gasteiger partial charge >= 0.3 is 17.9 Å². The minimum Gasteiger partial charge on any atom is -0.462 e. The van der Waals surface area contributed by atoms with Gasteiger partial charge in [0.1, 0.15) is 13.2 Å². The zero-order valence-electron chi connectivity index (χ0n) is 52.0. The van der Waals surface area contributed by atoms with E-state index >= 15 is 0 Å². The monoisotopic (exact) mass is 1110 g/mol. The van der Waals surface area contributed by atoms with E-state index in [1.807, 2.05) is 0 Å². The van der Waals surface area contributed by atoms with E-state index in [2.05, 4.69) is 154 Å². The molecule has 0 radical (unpaired) electrons. The molecule has 0 bridgehead atoms. The van der Waals surface area contributed by atoms with Gasteiger partial charge in [-0.3, -0.25) is 14.4 Å². The second kappa shape index (κ2) is 67.1. The molecule has 0 heterocycles. The number of ether oxygens (including phenoxy) is 3. The first-order valence-corrected chi connectivity index (χ1v) is 33.2. The third kappa shape index (κ3) is 64.4. The lowest BCUT2D eigenvalue weighted by Crippen LogP contribution is -2.30. The molecule has 0 aromatic heterocycles. The van der Waals surface area contributed by atoms with Crippen molar-refractivity contribution in [1.29, 1.82) is 0 Å². The molecule has 0 aliphatic heterocycles. The van der Waals surface area contributed by atoms with Crippen molar-refractivity contribution in [2.24, 2.45) is 0 Å². The molecule has 0 N–H and O–H groups in total. The molecule has 0 aromatic rings. The summed E-state index contributed by atoms with van der Waals surface area (Å²) < 4.78 is 16.9. The van der Waals surface area contributed by atoms with Crippen LogP contribution in [-0.4, -0.2) is 37.2 Å². The van der Waals surface area contributed by atoms with Crippen LogP contribution in [0.4, 0.5) is 0 Å². The van der Waals surface area contributed by atoms with Crippen LogP contribution < -0.4 is 0 Å². The predicted octanol–water partition coefficient (Wildman–Crippen LogP) is 22.9. The number of unbranched alkanes of at least 4 members (excludes halogenated alkanes) is 26. The summed E-state index contributed by atoms with van der Waals surface area (Å²) in [6.07, 6.45) is 94.6. The fourth-order valence-corrected chi connectivity index (χ4v) is 8.94. The first-order chi connectivity index (χ1) is 39.5. The number of allylic oxidation sites excluding steroid dienone is 22. The highest BCUT2D eigenvalue weighted by molar-refractivity contribution is 5.71. The van der Waals surface area contributed by atoms with Gasteiger partial charge in [-0.15, -0.1) is 0 Å². The van der Waals surface area contributed by atoms with Crippen LogP contribution in [0.25, 0.3) is 0 Å². The summed E-state index contributed by atoms with van der Waals surface area (Å²) in [4.78, 5) is 38.3. The first-order valence-electron chi connectivity index (χ1n) is 33.2. The highest BCUT2D eigenvalue weighted by Crippen LogP contribution is 2.15. The van der Waals surface area contributed by atoms with E-state index < -0.39 is 6.10 Å². The van der Waals surface area contributed by atoms with Crippen LogP contribution in [0, 0.1) is 0 Å². The lowest BCUT2D eigenvalue weighted by Gasteiger charge is -2.18. The first kappa shape index (κ1) is 75.5. The van der Waals surface area contributed by atoms with Crippen LogP contribution in [0.15, 0.2) is 134 Å². The van der Waals surface area contributed by atoms with Gasteiger partial charge in [0.15, 0.2) is 6.10 Å². The van der Waals surface area contributed by atoms with Crippen molar-refractivity contribution >= 4 is 17.9 Å². The van der Waals surface area contributed by atoms with Crippen LogP contribution >= 0.6 is 0 Å². The fraction of sp³-hybridized carbons (Fsp3) is 0.662. The average Bonchev–Trinajstić information content (AvgIpc) is 3.46. The number of hydrogen-bond acceptors (Lipinski definition) is 6. The molecule has 6 heteroatoms. The molecule has 6 nitrogen and oxygen atoms in total. The second-order valence-corrected chi connectivity index (χ2v) is 21.6. The summed E-state index contributed by atoms with van der Waals surface area (Å²) in [7, 11) is 0. The molecule has 0 rings (SSSR count). The van der Waals surface area contributed by atoms with Gasteiger partial charge in [-0.05, 0) is 122 Å². The van der Waals surface area contributed by atoms with Crippen molar-refractivity contribution in [2.45, 2.75) is 303 Å². The summed E-state index contributed by atoms with van der Waals surface area (Å²) in [5.41, 5.74) is 0. The van der Waals surface area contributed by atoms with Crippen LogP contribution in [-0.2, 0) is 28.6 Å². The fourth-order valence-electron chi connectivity index (χ4n) is 8.94. The van der Waals surface area contributed by atoms with Crippen LogP contribution in [0.5, 0.6) is 0 Å². The largest absolute Gasteiger partial charge is 0.462 e. The zero-order chi connectivity index (χ0) is 57.8. The van der Waals surface area contributed by atoms with Crippen LogP contribution in [0.3, 0.4) is 0 Å². The molecule has 454 valence electrons. The number of rotatable bonds is 59. The van der Waals surface area contributed by atoms with E-state index in [0.717, 1.165) is 116 Å². The molecule has 0 spiro atoms. The maximum absolute atomic E-state index is 12.9. The Morgan fingerprint density at radius 2 is 0.487 bits per heavy atom. The van der Waals surface area contributed by atoms with E-state index in [0.29, 0.717) is 25.7 Å². The molecular formula is C74H122O6. The summed E-state index contributed by atoms with van der Waals surface area (Å²) in [6.45, 7) is 6.49. The Hall–Kier alpha value is -4.45. The second-order valence-electron chi connectivity index (χ2n) is 21.6. The van der Waals surface area contributed by atoms with Gasteiger partial charge < -0.3 is 14.2 Å². The van der Waals surface area contributed by atoms with Gasteiger partial charge in [0, 0.05) is 19.3 Å². The van der Waals surface area contributed by atoms with E-state index in [4.69, 9.17) is 14.2 Å². The van der Waals surface area contributed by atoms with Gasteiger partial charge in [0.2, 0.25) is 0 Å². The maximum Gasteiger partial charge on any atom is 0.306 e. The van der Waals surface area contributed by atoms with E-state index in [1.165, 1.54) is 135 Å². The van der Waals surface area contributed by atoms with Crippen molar-refractivity contribution in [2.75, 3.05) is 13.2 Å². The quantitative estimate of drug-likeness (QED) is 0.0261. The highest BCUT2D eigenvalue weighted by Gasteiger charge is 2.19. The molecule has 1 unspecified atom stereocenters. The van der Waals surface area contributed by atoms with Crippen molar-refractivity contribution in [3.05, 3.63) is 134 Å². The van der Waals surface area contributed by atoms with E-state index in [-0.39, 0.29) is 31.1 Å². The molecule has 80 heavy (non-hydrogen) atoms. The van der Waals surface area contributed by atoms with Gasteiger partial charge in [0.05, 0.1) is 0 Å². The molecule has 0 amide bonds. The number of esters is 3. The summed E-state index contributed by atoms with van der Waals surface area (Å²) in [6, 6.07) is 0. The third-order valence-corrected chi connectivity index (χ3v) is 13.9. The van der Waals surface area contributed by atoms with Crippen molar-refractivity contribution in [3.8, 4) is 0 Å². The standard InChI is InChI=1S/C74H122O6/c1-4-7-10-13-16-19-22-25-27-29-30-31-32-33-34-35-36-37-38-39-40-41-42-43-44-46-47-49-52-55-58-61-64-67-73(76)79-70-71(69-78-72(75)66-63-60-57-54-51-24-21-18-15-12-9-6-3)80-74(77)68-65-62-59-56-53-50-48-45-28-26-23-20-17-14-11-8-5-2/h7,10,16,19,25-28,30-31,33-34,36-37,39-40,42-43,46-47,52,55,71H,4-6,8-9,11-15,17-18,20-24,29,32,35,38,41,44-45,48-51,53-54,56-70H2,1-3H3/b10-7-,19-16-,27-25-,28-26-,31-30-,34-33-,37-36-,40-39-,43-42-,47-46-,55-52-. The van der Waals surface area contributed by atoms with Crippen molar-refractivity contribution in [1.82, 2.24) is 0 Å². The topological polar surface area (TPSA) is 78.9 Å². The third-order valence-electron chi connectivity index (χ3n) is 13.9. The lowest BCUT2D eigenvalue weighted by molar-refractivity contribution is -0.167. The Morgan fingerprint density at radius 1 is 0.263 bits per heavy atom. The Morgan fingerprint density at radius 3 is 0.800 bits per heavy atom. The molecule has 0 aliphatic carbocycles. The van der Waals surface area contributed by atoms with Gasteiger partial charge in [0.25, 0.3) is 0 Å². The van der Waals surface area contributed by atoms with Crippen LogP contribution in [0.2, 0.25) is 0 Å². The Balaban J connectivity index is 4.37. The average molecular weight is 1110 g/mol. The van der Waals surface area contributed by atoms with Gasteiger partial charge in [-0.1, -0.05) is 289 Å². The number of hydrogen-bond donors (Lipinski definition) is 0. The Bertz CT molecular complexity index is 1700. The number of carbonyl (C=O) groups excluding carboxylic acids is 3. The lowest BCUT2D eigenvalue weighted by atomic mass is 10.0. The molecule has 0 aromatic carbocycles. The Kier molecular flexibility index (Phi) is 63.3. The molecule has 0 saturated heterocycles. The van der Waals surface area contributed by atoms with Crippen LogP contribution in [0.1, 0.15) is 297 Å². The molecule has 0 fully saturated rings. The maximum atomic E-state index is 12.9. The number of carbonyl (C=O) groups is 3. The minimum absolute atomic E-state index is 0.0937. The van der Waals surface area contributed by atoms with Gasteiger partial charge in [-0.25, -0.2) is 0 Å². The summed E-state index contributed by atoms with van der Waals surface area (Å²) in [5.74, 6) is -0.940. The smallest absolute Gasteiger partial charge is 0.306 e. The van der Waals surface area contributed by atoms with Crippen molar-refractivity contribution < 1.29 is 28.6 Å². The molecular weight excluding hydrogens is 985 g/mol. The zero-order valence-corrected chi connectivity index (χ0v) is 52.0. The van der Waals surface area contributed by atoms with E-state index in [9.17, 15) is 14.4 Å². The van der Waals surface area contributed by atoms with Crippen molar-refractivity contribution in [3.63, 3.8) is 0 Å².